The second kappa shape index (κ2) is 5.46. The number of nitrogens with one attached hydrogen (secondary N) is 2. The van der Waals surface area contributed by atoms with Crippen LogP contribution in [0.2, 0.25) is 0 Å². The van der Waals surface area contributed by atoms with E-state index in [4.69, 9.17) is 0 Å². The summed E-state index contributed by atoms with van der Waals surface area (Å²) in [7, 11) is 0. The molecule has 2 aromatic carbocycles. The molecule has 0 radical (unpaired) electrons. The van der Waals surface area contributed by atoms with Crippen molar-refractivity contribution in [2.24, 2.45) is 0 Å². The van der Waals surface area contributed by atoms with E-state index in [-0.39, 0.29) is 17.1 Å². The summed E-state index contributed by atoms with van der Waals surface area (Å²) in [5.74, 6) is -0.618. The lowest BCUT2D eigenvalue weighted by molar-refractivity contribution is 0.0948. The van der Waals surface area contributed by atoms with E-state index in [0.29, 0.717) is 6.54 Å². The first-order valence-corrected chi connectivity index (χ1v) is 6.75. The SMILES string of the molecule is O=C(NCc1ccc2c(c1)CNC2)c1cc(O)ccc1O. The van der Waals surface area contributed by atoms with Crippen LogP contribution >= 0.6 is 0 Å². The van der Waals surface area contributed by atoms with Crippen LogP contribution in [0.25, 0.3) is 0 Å². The Balaban J connectivity index is 1.70. The molecule has 0 atom stereocenters. The summed E-state index contributed by atoms with van der Waals surface area (Å²) in [5, 5.41) is 25.0. The van der Waals surface area contributed by atoms with Gasteiger partial charge in [-0.25, -0.2) is 0 Å². The number of rotatable bonds is 3. The number of phenols is 2. The summed E-state index contributed by atoms with van der Waals surface area (Å²) in [5.41, 5.74) is 3.61. The van der Waals surface area contributed by atoms with Crippen LogP contribution in [0.15, 0.2) is 36.4 Å². The van der Waals surface area contributed by atoms with E-state index in [2.05, 4.69) is 22.8 Å². The van der Waals surface area contributed by atoms with Crippen molar-refractivity contribution >= 4 is 5.91 Å². The fourth-order valence-corrected chi connectivity index (χ4v) is 2.44. The molecule has 0 spiro atoms. The number of amides is 1. The molecule has 2 aromatic rings. The number of phenolic OH excluding ortho intramolecular Hbond substituents is 2. The molecule has 3 rings (SSSR count). The second-order valence-electron chi connectivity index (χ2n) is 5.09. The molecule has 0 saturated heterocycles. The lowest BCUT2D eigenvalue weighted by Crippen LogP contribution is -2.22. The normalized spacial score (nSPS) is 13.0. The van der Waals surface area contributed by atoms with Gasteiger partial charge in [-0.1, -0.05) is 18.2 Å². The Bertz CT molecular complexity index is 698. The third-order valence-corrected chi connectivity index (χ3v) is 3.58. The zero-order valence-corrected chi connectivity index (χ0v) is 11.4. The van der Waals surface area contributed by atoms with Crippen LogP contribution in [0.4, 0.5) is 0 Å². The van der Waals surface area contributed by atoms with Crippen LogP contribution in [-0.2, 0) is 19.6 Å². The Labute approximate surface area is 122 Å². The van der Waals surface area contributed by atoms with Gasteiger partial charge in [0.05, 0.1) is 5.56 Å². The first kappa shape index (κ1) is 13.5. The predicted molar refractivity (Wildman–Crippen MR) is 77.9 cm³/mol. The quantitative estimate of drug-likeness (QED) is 0.646. The molecule has 1 aliphatic rings. The lowest BCUT2D eigenvalue weighted by atomic mass is 10.1. The molecule has 108 valence electrons. The van der Waals surface area contributed by atoms with Crippen molar-refractivity contribution in [3.63, 3.8) is 0 Å². The summed E-state index contributed by atoms with van der Waals surface area (Å²) in [6, 6.07) is 9.98. The van der Waals surface area contributed by atoms with Gasteiger partial charge in [0, 0.05) is 19.6 Å². The van der Waals surface area contributed by atoms with Crippen LogP contribution in [0.3, 0.4) is 0 Å². The standard InChI is InChI=1S/C16H16N2O3/c19-13-3-4-15(20)14(6-13)16(21)18-7-10-1-2-11-8-17-9-12(11)5-10/h1-6,17,19-20H,7-9H2,(H,18,21). The highest BCUT2D eigenvalue weighted by Crippen LogP contribution is 2.22. The highest BCUT2D eigenvalue weighted by Gasteiger charge is 2.13. The Hall–Kier alpha value is -2.53. The van der Waals surface area contributed by atoms with E-state index in [1.165, 1.54) is 29.3 Å². The Morgan fingerprint density at radius 2 is 1.90 bits per heavy atom. The molecule has 0 aromatic heterocycles. The molecule has 1 heterocycles. The molecule has 0 unspecified atom stereocenters. The first-order valence-electron chi connectivity index (χ1n) is 6.75. The minimum Gasteiger partial charge on any atom is -0.508 e. The molecule has 21 heavy (non-hydrogen) atoms. The summed E-state index contributed by atoms with van der Waals surface area (Å²) >= 11 is 0. The molecule has 5 heteroatoms. The van der Waals surface area contributed by atoms with E-state index >= 15 is 0 Å². The summed E-state index contributed by atoms with van der Waals surface area (Å²) in [6.07, 6.45) is 0. The number of benzene rings is 2. The van der Waals surface area contributed by atoms with Crippen LogP contribution in [0.1, 0.15) is 27.0 Å². The predicted octanol–water partition coefficient (Wildman–Crippen LogP) is 1.63. The number of carbonyl (C=O) groups excluding carboxylic acids is 1. The van der Waals surface area contributed by atoms with Gasteiger partial charge in [-0.3, -0.25) is 4.79 Å². The van der Waals surface area contributed by atoms with Crippen molar-refractivity contribution in [2.45, 2.75) is 19.6 Å². The maximum absolute atomic E-state index is 12.0. The molecule has 1 amide bonds. The van der Waals surface area contributed by atoms with E-state index in [1.807, 2.05) is 6.07 Å². The van der Waals surface area contributed by atoms with Gasteiger partial charge in [0.2, 0.25) is 0 Å². The first-order chi connectivity index (χ1) is 10.1. The van der Waals surface area contributed by atoms with Crippen LogP contribution < -0.4 is 10.6 Å². The second-order valence-corrected chi connectivity index (χ2v) is 5.09. The maximum Gasteiger partial charge on any atom is 0.255 e. The lowest BCUT2D eigenvalue weighted by Gasteiger charge is -2.08. The van der Waals surface area contributed by atoms with Gasteiger partial charge in [-0.05, 0) is 34.9 Å². The fraction of sp³-hybridized carbons (Fsp3) is 0.188. The van der Waals surface area contributed by atoms with Gasteiger partial charge in [-0.15, -0.1) is 0 Å². The minimum absolute atomic E-state index is 0.0541. The van der Waals surface area contributed by atoms with Gasteiger partial charge in [-0.2, -0.15) is 0 Å². The van der Waals surface area contributed by atoms with Gasteiger partial charge in [0.15, 0.2) is 0 Å². The number of fused-ring (bicyclic) bond motifs is 1. The van der Waals surface area contributed by atoms with E-state index < -0.39 is 5.91 Å². The fourth-order valence-electron chi connectivity index (χ4n) is 2.44. The van der Waals surface area contributed by atoms with Crippen molar-refractivity contribution in [1.29, 1.82) is 0 Å². The summed E-state index contributed by atoms with van der Waals surface area (Å²) in [4.78, 5) is 12.0. The highest BCUT2D eigenvalue weighted by atomic mass is 16.3. The van der Waals surface area contributed by atoms with Crippen molar-refractivity contribution in [1.82, 2.24) is 10.6 Å². The average molecular weight is 284 g/mol. The van der Waals surface area contributed by atoms with E-state index in [9.17, 15) is 15.0 Å². The monoisotopic (exact) mass is 284 g/mol. The van der Waals surface area contributed by atoms with Crippen LogP contribution in [0.5, 0.6) is 11.5 Å². The number of hydrogen-bond acceptors (Lipinski definition) is 4. The van der Waals surface area contributed by atoms with Crippen molar-refractivity contribution in [3.8, 4) is 11.5 Å². The van der Waals surface area contributed by atoms with Crippen molar-refractivity contribution in [2.75, 3.05) is 0 Å². The summed E-state index contributed by atoms with van der Waals surface area (Å²) < 4.78 is 0. The average Bonchev–Trinajstić information content (AvgIpc) is 2.94. The molecule has 0 saturated carbocycles. The minimum atomic E-state index is -0.415. The number of carbonyl (C=O) groups is 1. The largest absolute Gasteiger partial charge is 0.508 e. The third-order valence-electron chi connectivity index (χ3n) is 3.58. The Morgan fingerprint density at radius 3 is 2.76 bits per heavy atom. The topological polar surface area (TPSA) is 81.6 Å². The van der Waals surface area contributed by atoms with E-state index in [0.717, 1.165) is 18.7 Å². The zero-order chi connectivity index (χ0) is 14.8. The van der Waals surface area contributed by atoms with Gasteiger partial charge < -0.3 is 20.8 Å². The van der Waals surface area contributed by atoms with Crippen LogP contribution in [0, 0.1) is 0 Å². The summed E-state index contributed by atoms with van der Waals surface area (Å²) in [6.45, 7) is 2.12. The van der Waals surface area contributed by atoms with Gasteiger partial charge >= 0.3 is 0 Å². The molecule has 5 nitrogen and oxygen atoms in total. The molecule has 1 aliphatic heterocycles. The molecule has 4 N–H and O–H groups in total. The molecule has 0 fully saturated rings. The molecule has 0 bridgehead atoms. The van der Waals surface area contributed by atoms with Crippen LogP contribution in [-0.4, -0.2) is 16.1 Å². The third kappa shape index (κ3) is 2.83. The molecular weight excluding hydrogens is 268 g/mol. The highest BCUT2D eigenvalue weighted by molar-refractivity contribution is 5.97. The maximum atomic E-state index is 12.0. The Morgan fingerprint density at radius 1 is 1.10 bits per heavy atom. The van der Waals surface area contributed by atoms with E-state index in [1.54, 1.807) is 0 Å². The zero-order valence-electron chi connectivity index (χ0n) is 11.4. The molecular formula is C16H16N2O3. The van der Waals surface area contributed by atoms with Crippen molar-refractivity contribution < 1.29 is 15.0 Å². The van der Waals surface area contributed by atoms with Crippen molar-refractivity contribution in [3.05, 3.63) is 58.7 Å². The molecule has 0 aliphatic carbocycles. The number of aromatic hydroxyl groups is 2. The number of hydrogen-bond donors (Lipinski definition) is 4. The Kier molecular flexibility index (Phi) is 3.50. The smallest absolute Gasteiger partial charge is 0.255 e. The van der Waals surface area contributed by atoms with Gasteiger partial charge in [0.25, 0.3) is 5.91 Å². The van der Waals surface area contributed by atoms with Gasteiger partial charge in [0.1, 0.15) is 11.5 Å².